The maximum absolute atomic E-state index is 11.9. The normalized spacial score (nSPS) is 20.2. The lowest BCUT2D eigenvalue weighted by atomic mass is 9.93. The van der Waals surface area contributed by atoms with Gasteiger partial charge in [-0.3, -0.25) is 0 Å². The van der Waals surface area contributed by atoms with Gasteiger partial charge in [0.15, 0.2) is 6.54 Å². The summed E-state index contributed by atoms with van der Waals surface area (Å²) in [6.07, 6.45) is 5.57. The summed E-state index contributed by atoms with van der Waals surface area (Å²) in [7, 11) is 0. The predicted octanol–water partition coefficient (Wildman–Crippen LogP) is 4.11. The minimum absolute atomic E-state index is 0.507. The summed E-state index contributed by atoms with van der Waals surface area (Å²) in [5, 5.41) is 0. The van der Waals surface area contributed by atoms with Crippen LogP contribution in [0.25, 0.3) is 0 Å². The topological polar surface area (TPSA) is 23.3 Å². The van der Waals surface area contributed by atoms with E-state index in [-0.39, 0.29) is 0 Å². The molecule has 0 bridgehead atoms. The van der Waals surface area contributed by atoms with Gasteiger partial charge in [-0.05, 0) is 64.0 Å². The van der Waals surface area contributed by atoms with Crippen molar-refractivity contribution in [1.82, 2.24) is 0 Å². The first-order valence-electron chi connectivity index (χ1n) is 7.85. The summed E-state index contributed by atoms with van der Waals surface area (Å²) in [4.78, 5) is 14.4. The molecular formula is C17H25N2O+. The van der Waals surface area contributed by atoms with Gasteiger partial charge in [0.2, 0.25) is 0 Å². The number of rotatable bonds is 3. The first-order valence-corrected chi connectivity index (χ1v) is 7.85. The van der Waals surface area contributed by atoms with Gasteiger partial charge in [-0.25, -0.2) is 0 Å². The number of hydrogen-bond acceptors (Lipinski definition) is 2. The molecule has 3 rings (SSSR count). The number of nitroso groups, excluding NO2 is 1. The Labute approximate surface area is 121 Å². The molecule has 0 atom stereocenters. The van der Waals surface area contributed by atoms with Crippen molar-refractivity contribution in [2.45, 2.75) is 46.5 Å². The van der Waals surface area contributed by atoms with Crippen molar-refractivity contribution in [1.29, 1.82) is 0 Å². The Bertz CT molecular complexity index is 513. The van der Waals surface area contributed by atoms with E-state index in [9.17, 15) is 4.91 Å². The average molecular weight is 273 g/mol. The van der Waals surface area contributed by atoms with Gasteiger partial charge in [0, 0.05) is 39.6 Å². The number of piperidine rings is 1. The van der Waals surface area contributed by atoms with Crippen LogP contribution in [0.3, 0.4) is 0 Å². The van der Waals surface area contributed by atoms with E-state index in [1.54, 1.807) is 0 Å². The van der Waals surface area contributed by atoms with Crippen LogP contribution in [-0.2, 0) is 0 Å². The zero-order valence-corrected chi connectivity index (χ0v) is 12.9. The van der Waals surface area contributed by atoms with Crippen LogP contribution in [0.2, 0.25) is 0 Å². The van der Waals surface area contributed by atoms with Crippen LogP contribution in [0, 0.1) is 24.2 Å². The van der Waals surface area contributed by atoms with Crippen LogP contribution >= 0.6 is 0 Å². The molecule has 1 heterocycles. The van der Waals surface area contributed by atoms with Crippen molar-refractivity contribution in [2.75, 3.05) is 24.5 Å². The first kappa shape index (κ1) is 13.6. The van der Waals surface area contributed by atoms with E-state index < -0.39 is 0 Å². The van der Waals surface area contributed by atoms with Gasteiger partial charge in [0.25, 0.3) is 5.69 Å². The second-order valence-electron chi connectivity index (χ2n) is 6.61. The maximum atomic E-state index is 11.9. The molecule has 1 aromatic carbocycles. The minimum atomic E-state index is 0.507. The SMILES string of the molecule is CC[N+](=O)c1c(C)cc(N2CCC3(CC2)CC3)cc1C. The summed E-state index contributed by atoms with van der Waals surface area (Å²) in [6.45, 7) is 8.87. The Morgan fingerprint density at radius 2 is 1.65 bits per heavy atom. The van der Waals surface area contributed by atoms with Crippen molar-refractivity contribution < 1.29 is 4.76 Å². The molecular weight excluding hydrogens is 248 g/mol. The quantitative estimate of drug-likeness (QED) is 0.774. The molecule has 3 heteroatoms. The number of benzene rings is 1. The lowest BCUT2D eigenvalue weighted by Gasteiger charge is -2.34. The molecule has 1 saturated carbocycles. The Morgan fingerprint density at radius 3 is 2.10 bits per heavy atom. The van der Waals surface area contributed by atoms with Crippen molar-refractivity contribution >= 4 is 11.4 Å². The maximum Gasteiger partial charge on any atom is 0.261 e. The molecule has 108 valence electrons. The lowest BCUT2D eigenvalue weighted by Crippen LogP contribution is -2.34. The summed E-state index contributed by atoms with van der Waals surface area (Å²) in [5.41, 5.74) is 5.07. The monoisotopic (exact) mass is 273 g/mol. The van der Waals surface area contributed by atoms with Crippen molar-refractivity contribution in [2.24, 2.45) is 5.41 Å². The van der Waals surface area contributed by atoms with Crippen molar-refractivity contribution in [3.63, 3.8) is 0 Å². The van der Waals surface area contributed by atoms with Crippen molar-refractivity contribution in [3.05, 3.63) is 28.2 Å². The Balaban J connectivity index is 1.82. The third kappa shape index (κ3) is 2.34. The molecule has 0 N–H and O–H groups in total. The molecule has 20 heavy (non-hydrogen) atoms. The molecule has 0 radical (unpaired) electrons. The van der Waals surface area contributed by atoms with E-state index in [1.807, 2.05) is 6.92 Å². The van der Waals surface area contributed by atoms with E-state index in [1.165, 1.54) is 44.5 Å². The van der Waals surface area contributed by atoms with Gasteiger partial charge in [-0.2, -0.15) is 0 Å². The van der Waals surface area contributed by atoms with Gasteiger partial charge in [0.05, 0.1) is 0 Å². The molecule has 1 spiro atoms. The molecule has 1 aliphatic carbocycles. The number of anilines is 1. The third-order valence-corrected chi connectivity index (χ3v) is 5.16. The van der Waals surface area contributed by atoms with Crippen LogP contribution in [0.15, 0.2) is 12.1 Å². The van der Waals surface area contributed by atoms with E-state index in [0.717, 1.165) is 21.6 Å². The molecule has 2 aliphatic rings. The van der Waals surface area contributed by atoms with E-state index in [4.69, 9.17) is 0 Å². The van der Waals surface area contributed by atoms with Gasteiger partial charge in [-0.1, -0.05) is 0 Å². The highest BCUT2D eigenvalue weighted by atomic mass is 16.3. The smallest absolute Gasteiger partial charge is 0.261 e. The van der Waals surface area contributed by atoms with Crippen LogP contribution in [0.4, 0.5) is 11.4 Å². The van der Waals surface area contributed by atoms with E-state index in [2.05, 4.69) is 30.9 Å². The average Bonchev–Trinajstić information content (AvgIpc) is 3.18. The zero-order chi connectivity index (χ0) is 14.3. The third-order valence-electron chi connectivity index (χ3n) is 5.16. The molecule has 1 aromatic rings. The highest BCUT2D eigenvalue weighted by molar-refractivity contribution is 5.59. The highest BCUT2D eigenvalue weighted by Crippen LogP contribution is 2.54. The Morgan fingerprint density at radius 1 is 1.10 bits per heavy atom. The van der Waals surface area contributed by atoms with Crippen LogP contribution in [0.1, 0.15) is 43.7 Å². The minimum Gasteiger partial charge on any atom is -0.371 e. The van der Waals surface area contributed by atoms with Crippen LogP contribution in [-0.4, -0.2) is 24.4 Å². The fourth-order valence-corrected chi connectivity index (χ4v) is 3.58. The number of hydrogen-bond donors (Lipinski definition) is 0. The summed E-state index contributed by atoms with van der Waals surface area (Å²) < 4.78 is 1.10. The van der Waals surface area contributed by atoms with Gasteiger partial charge in [-0.15, -0.1) is 0 Å². The largest absolute Gasteiger partial charge is 0.371 e. The summed E-state index contributed by atoms with van der Waals surface area (Å²) in [6, 6.07) is 4.38. The lowest BCUT2D eigenvalue weighted by molar-refractivity contribution is -0.459. The van der Waals surface area contributed by atoms with Gasteiger partial charge < -0.3 is 4.90 Å². The molecule has 0 unspecified atom stereocenters. The molecule has 1 saturated heterocycles. The van der Waals surface area contributed by atoms with Crippen LogP contribution < -0.4 is 4.90 Å². The standard InChI is InChI=1S/C17H25N2O/c1-4-19(20)16-13(2)11-15(12-14(16)3)18-9-7-17(5-6-17)8-10-18/h11-12H,4-10H2,1-3H3/q+1. The Kier molecular flexibility index (Phi) is 3.31. The predicted molar refractivity (Wildman–Crippen MR) is 82.9 cm³/mol. The fraction of sp³-hybridized carbons (Fsp3) is 0.647. The molecule has 1 aliphatic heterocycles. The zero-order valence-electron chi connectivity index (χ0n) is 12.9. The molecule has 2 fully saturated rings. The molecule has 3 nitrogen and oxygen atoms in total. The van der Waals surface area contributed by atoms with Gasteiger partial charge >= 0.3 is 0 Å². The van der Waals surface area contributed by atoms with Crippen LogP contribution in [0.5, 0.6) is 0 Å². The number of nitrogens with zero attached hydrogens (tertiary/aromatic N) is 2. The van der Waals surface area contributed by atoms with Gasteiger partial charge in [0.1, 0.15) is 0 Å². The summed E-state index contributed by atoms with van der Waals surface area (Å²) >= 11 is 0. The molecule has 0 amide bonds. The Hall–Kier alpha value is -1.38. The number of aryl methyl sites for hydroxylation is 2. The molecule has 0 aromatic heterocycles. The highest BCUT2D eigenvalue weighted by Gasteiger charge is 2.44. The van der Waals surface area contributed by atoms with Crippen molar-refractivity contribution in [3.8, 4) is 0 Å². The summed E-state index contributed by atoms with van der Waals surface area (Å²) in [5.74, 6) is 0. The fourth-order valence-electron chi connectivity index (χ4n) is 3.58. The second-order valence-corrected chi connectivity index (χ2v) is 6.61. The second kappa shape index (κ2) is 4.87. The first-order chi connectivity index (χ1) is 9.54. The van der Waals surface area contributed by atoms with E-state index in [0.29, 0.717) is 12.0 Å². The van der Waals surface area contributed by atoms with E-state index >= 15 is 0 Å².